The highest BCUT2D eigenvalue weighted by Gasteiger charge is 2.23. The van der Waals surface area contributed by atoms with Crippen molar-refractivity contribution in [3.05, 3.63) is 22.4 Å². The van der Waals surface area contributed by atoms with Gasteiger partial charge in [-0.25, -0.2) is 4.99 Å². The summed E-state index contributed by atoms with van der Waals surface area (Å²) in [5.41, 5.74) is 0.00436. The highest BCUT2D eigenvalue weighted by Crippen LogP contribution is 2.23. The van der Waals surface area contributed by atoms with Gasteiger partial charge in [-0.2, -0.15) is 11.3 Å². The fourth-order valence-corrected chi connectivity index (χ4v) is 2.50. The lowest BCUT2D eigenvalue weighted by Crippen LogP contribution is -2.39. The Bertz CT molecular complexity index is 399. The number of aliphatic imine (C=N–C) groups is 1. The third-order valence-corrected chi connectivity index (χ3v) is 3.73. The molecule has 0 aliphatic carbocycles. The van der Waals surface area contributed by atoms with Gasteiger partial charge in [-0.05, 0) is 48.6 Å². The van der Waals surface area contributed by atoms with E-state index in [-0.39, 0.29) is 0 Å². The molecule has 20 heavy (non-hydrogen) atoms. The van der Waals surface area contributed by atoms with Crippen LogP contribution >= 0.6 is 11.3 Å². The first kappa shape index (κ1) is 17.0. The molecule has 1 aromatic heterocycles. The predicted octanol–water partition coefficient (Wildman–Crippen LogP) is 2.56. The molecule has 4 nitrogen and oxygen atoms in total. The number of aliphatic hydroxyl groups is 1. The number of nitrogens with zero attached hydrogens (tertiary/aromatic N) is 1. The molecule has 1 unspecified atom stereocenters. The van der Waals surface area contributed by atoms with E-state index in [2.05, 4.69) is 29.5 Å². The van der Waals surface area contributed by atoms with Crippen molar-refractivity contribution in [1.29, 1.82) is 0 Å². The monoisotopic (exact) mass is 297 g/mol. The number of guanidine groups is 1. The van der Waals surface area contributed by atoms with E-state index < -0.39 is 5.60 Å². The molecule has 0 fully saturated rings. The largest absolute Gasteiger partial charge is 0.383 e. The summed E-state index contributed by atoms with van der Waals surface area (Å²) in [5.74, 6) is 1.43. The Hall–Kier alpha value is -1.07. The van der Waals surface area contributed by atoms with Crippen LogP contribution < -0.4 is 10.6 Å². The average Bonchev–Trinajstić information content (AvgIpc) is 2.90. The zero-order valence-electron chi connectivity index (χ0n) is 12.9. The van der Waals surface area contributed by atoms with E-state index in [4.69, 9.17) is 0 Å². The number of nitrogens with one attached hydrogen (secondary N) is 2. The molecule has 0 spiro atoms. The number of thiophene rings is 1. The summed E-state index contributed by atoms with van der Waals surface area (Å²) >= 11 is 1.59. The molecule has 3 N–H and O–H groups in total. The standard InChI is InChI=1S/C15H27N3OS/c1-5-16-14(17-8-6-12(2)3)18-11-15(4,19)13-7-9-20-10-13/h7,9-10,12,19H,5-6,8,11H2,1-4H3,(H2,16,17,18). The van der Waals surface area contributed by atoms with Crippen LogP contribution in [0.3, 0.4) is 0 Å². The summed E-state index contributed by atoms with van der Waals surface area (Å²) in [5, 5.41) is 20.9. The Balaban J connectivity index is 2.57. The Morgan fingerprint density at radius 3 is 2.75 bits per heavy atom. The summed E-state index contributed by atoms with van der Waals surface area (Å²) in [6, 6.07) is 1.94. The van der Waals surface area contributed by atoms with Crippen LogP contribution in [0.2, 0.25) is 0 Å². The van der Waals surface area contributed by atoms with Crippen molar-refractivity contribution in [2.45, 2.75) is 39.7 Å². The summed E-state index contributed by atoms with van der Waals surface area (Å²) in [6.07, 6.45) is 1.10. The Morgan fingerprint density at radius 1 is 1.45 bits per heavy atom. The maximum absolute atomic E-state index is 10.4. The lowest BCUT2D eigenvalue weighted by Gasteiger charge is -2.21. The van der Waals surface area contributed by atoms with E-state index in [1.165, 1.54) is 0 Å². The van der Waals surface area contributed by atoms with E-state index >= 15 is 0 Å². The molecule has 0 bridgehead atoms. The van der Waals surface area contributed by atoms with E-state index in [9.17, 15) is 5.11 Å². The molecule has 0 aromatic carbocycles. The normalized spacial score (nSPS) is 15.2. The van der Waals surface area contributed by atoms with Gasteiger partial charge in [0.15, 0.2) is 5.96 Å². The summed E-state index contributed by atoms with van der Waals surface area (Å²) < 4.78 is 0. The van der Waals surface area contributed by atoms with E-state index in [0.29, 0.717) is 12.5 Å². The number of hydrogen-bond donors (Lipinski definition) is 3. The fraction of sp³-hybridized carbons (Fsp3) is 0.667. The molecular formula is C15H27N3OS. The first-order chi connectivity index (χ1) is 9.45. The van der Waals surface area contributed by atoms with Crippen LogP contribution in [0.1, 0.15) is 39.7 Å². The van der Waals surface area contributed by atoms with Crippen LogP contribution in [0, 0.1) is 5.92 Å². The van der Waals surface area contributed by atoms with Crippen LogP contribution in [-0.2, 0) is 5.60 Å². The van der Waals surface area contributed by atoms with Gasteiger partial charge in [0, 0.05) is 13.1 Å². The van der Waals surface area contributed by atoms with Gasteiger partial charge in [-0.15, -0.1) is 0 Å². The zero-order chi connectivity index (χ0) is 15.0. The first-order valence-electron chi connectivity index (χ1n) is 7.23. The second-order valence-electron chi connectivity index (χ2n) is 5.59. The van der Waals surface area contributed by atoms with Gasteiger partial charge in [-0.3, -0.25) is 0 Å². The van der Waals surface area contributed by atoms with Gasteiger partial charge in [-0.1, -0.05) is 13.8 Å². The molecule has 0 amide bonds. The molecule has 0 aliphatic rings. The van der Waals surface area contributed by atoms with Gasteiger partial charge >= 0.3 is 0 Å². The molecule has 114 valence electrons. The third kappa shape index (κ3) is 5.92. The molecule has 0 aliphatic heterocycles. The van der Waals surface area contributed by atoms with Gasteiger partial charge in [0.2, 0.25) is 0 Å². The predicted molar refractivity (Wildman–Crippen MR) is 87.3 cm³/mol. The molecule has 1 heterocycles. The van der Waals surface area contributed by atoms with Crippen molar-refractivity contribution in [1.82, 2.24) is 10.6 Å². The highest BCUT2D eigenvalue weighted by molar-refractivity contribution is 7.08. The van der Waals surface area contributed by atoms with Crippen molar-refractivity contribution in [2.75, 3.05) is 19.6 Å². The second-order valence-corrected chi connectivity index (χ2v) is 6.37. The molecule has 1 atom stereocenters. The first-order valence-corrected chi connectivity index (χ1v) is 8.17. The quantitative estimate of drug-likeness (QED) is 0.535. The van der Waals surface area contributed by atoms with E-state index in [0.717, 1.165) is 31.0 Å². The molecular weight excluding hydrogens is 270 g/mol. The van der Waals surface area contributed by atoms with Crippen molar-refractivity contribution < 1.29 is 5.11 Å². The second kappa shape index (κ2) is 8.27. The van der Waals surface area contributed by atoms with Gasteiger partial charge in [0.1, 0.15) is 5.60 Å². The number of hydrogen-bond acceptors (Lipinski definition) is 3. The maximum atomic E-state index is 10.4. The zero-order valence-corrected chi connectivity index (χ0v) is 13.8. The fourth-order valence-electron chi connectivity index (χ4n) is 1.72. The maximum Gasteiger partial charge on any atom is 0.191 e. The molecule has 0 saturated heterocycles. The van der Waals surface area contributed by atoms with Gasteiger partial charge < -0.3 is 15.7 Å². The summed E-state index contributed by atoms with van der Waals surface area (Å²) in [6.45, 7) is 10.3. The van der Waals surface area contributed by atoms with Crippen molar-refractivity contribution in [3.63, 3.8) is 0 Å². The Morgan fingerprint density at radius 2 is 2.20 bits per heavy atom. The lowest BCUT2D eigenvalue weighted by atomic mass is 10.00. The molecule has 0 radical (unpaired) electrons. The van der Waals surface area contributed by atoms with Crippen LogP contribution in [0.4, 0.5) is 0 Å². The molecule has 1 rings (SSSR count). The number of rotatable bonds is 7. The van der Waals surface area contributed by atoms with Crippen molar-refractivity contribution in [3.8, 4) is 0 Å². The van der Waals surface area contributed by atoms with E-state index in [1.54, 1.807) is 18.3 Å². The Kier molecular flexibility index (Phi) is 7.02. The minimum Gasteiger partial charge on any atom is -0.383 e. The topological polar surface area (TPSA) is 56.7 Å². The van der Waals surface area contributed by atoms with E-state index in [1.807, 2.05) is 23.8 Å². The lowest BCUT2D eigenvalue weighted by molar-refractivity contribution is 0.0677. The van der Waals surface area contributed by atoms with Crippen LogP contribution in [0.15, 0.2) is 21.8 Å². The summed E-state index contributed by atoms with van der Waals surface area (Å²) in [4.78, 5) is 4.49. The molecule has 1 aromatic rings. The average molecular weight is 297 g/mol. The van der Waals surface area contributed by atoms with Crippen LogP contribution in [0.25, 0.3) is 0 Å². The Labute approximate surface area is 126 Å². The van der Waals surface area contributed by atoms with Crippen molar-refractivity contribution >= 4 is 17.3 Å². The summed E-state index contributed by atoms with van der Waals surface area (Å²) in [7, 11) is 0. The van der Waals surface area contributed by atoms with Crippen molar-refractivity contribution in [2.24, 2.45) is 10.9 Å². The van der Waals surface area contributed by atoms with Crippen LogP contribution in [0.5, 0.6) is 0 Å². The SMILES string of the molecule is CCNC(=NCC(C)(O)c1ccsc1)NCCC(C)C. The highest BCUT2D eigenvalue weighted by atomic mass is 32.1. The molecule has 5 heteroatoms. The smallest absolute Gasteiger partial charge is 0.191 e. The van der Waals surface area contributed by atoms with Crippen LogP contribution in [-0.4, -0.2) is 30.7 Å². The molecule has 0 saturated carbocycles. The minimum absolute atomic E-state index is 0.348. The minimum atomic E-state index is -0.916. The van der Waals surface area contributed by atoms with Gasteiger partial charge in [0.25, 0.3) is 0 Å². The van der Waals surface area contributed by atoms with Gasteiger partial charge in [0.05, 0.1) is 6.54 Å². The third-order valence-electron chi connectivity index (χ3n) is 3.05.